The third-order valence-corrected chi connectivity index (χ3v) is 3.32. The minimum Gasteiger partial charge on any atom is -0.508 e. The van der Waals surface area contributed by atoms with Crippen molar-refractivity contribution in [3.05, 3.63) is 82.9 Å². The molecule has 0 heterocycles. The number of hydrogen-bond donors (Lipinski definition) is 1. The second-order valence-corrected chi connectivity index (χ2v) is 5.21. The topological polar surface area (TPSA) is 113 Å². The van der Waals surface area contributed by atoms with Gasteiger partial charge in [-0.15, -0.1) is 0 Å². The number of non-ortho nitro benzene ring substituents is 1. The number of aromatic hydroxyl groups is 1. The predicted molar refractivity (Wildman–Crippen MR) is 96.0 cm³/mol. The summed E-state index contributed by atoms with van der Waals surface area (Å²) in [6.07, 6.45) is 0. The molecule has 0 saturated carbocycles. The lowest BCUT2D eigenvalue weighted by atomic mass is 10.3. The summed E-state index contributed by atoms with van der Waals surface area (Å²) in [5, 5.41) is 36.1. The van der Waals surface area contributed by atoms with E-state index in [1.807, 2.05) is 0 Å². The fraction of sp³-hybridized carbons (Fsp3) is 0. The van der Waals surface area contributed by atoms with Crippen LogP contribution in [-0.4, -0.2) is 10.0 Å². The summed E-state index contributed by atoms with van der Waals surface area (Å²) in [5.41, 5.74) is 2.42. The van der Waals surface area contributed by atoms with Gasteiger partial charge in [0.05, 0.1) is 27.7 Å². The van der Waals surface area contributed by atoms with Crippen molar-refractivity contribution in [2.24, 2.45) is 20.5 Å². The summed E-state index contributed by atoms with van der Waals surface area (Å²) in [4.78, 5) is 10.1. The van der Waals surface area contributed by atoms with Gasteiger partial charge in [0.1, 0.15) is 5.75 Å². The first-order valence-electron chi connectivity index (χ1n) is 7.57. The van der Waals surface area contributed by atoms with E-state index in [1.165, 1.54) is 36.4 Å². The maximum Gasteiger partial charge on any atom is 0.269 e. The van der Waals surface area contributed by atoms with Crippen LogP contribution in [0.3, 0.4) is 0 Å². The van der Waals surface area contributed by atoms with E-state index in [0.29, 0.717) is 22.7 Å². The van der Waals surface area contributed by atoms with Gasteiger partial charge in [0.25, 0.3) is 5.69 Å². The van der Waals surface area contributed by atoms with Crippen LogP contribution >= 0.6 is 0 Å². The van der Waals surface area contributed by atoms with Gasteiger partial charge in [0.2, 0.25) is 0 Å². The molecule has 0 aromatic heterocycles. The molecule has 0 amide bonds. The smallest absolute Gasteiger partial charge is 0.269 e. The summed E-state index contributed by atoms with van der Waals surface area (Å²) in [6.45, 7) is 0. The Morgan fingerprint density at radius 2 is 0.923 bits per heavy atom. The fourth-order valence-corrected chi connectivity index (χ4v) is 1.98. The number of benzene rings is 3. The number of nitro benzene ring substituents is 1. The highest BCUT2D eigenvalue weighted by Crippen LogP contribution is 2.24. The van der Waals surface area contributed by atoms with Crippen LogP contribution in [0, 0.1) is 10.1 Å². The maximum absolute atomic E-state index is 10.6. The van der Waals surface area contributed by atoms with Crippen molar-refractivity contribution in [2.75, 3.05) is 0 Å². The number of azo groups is 2. The van der Waals surface area contributed by atoms with E-state index < -0.39 is 4.92 Å². The first-order chi connectivity index (χ1) is 12.6. The van der Waals surface area contributed by atoms with Crippen LogP contribution in [-0.2, 0) is 0 Å². The third kappa shape index (κ3) is 4.54. The zero-order valence-corrected chi connectivity index (χ0v) is 13.4. The van der Waals surface area contributed by atoms with Crippen molar-refractivity contribution in [3.63, 3.8) is 0 Å². The summed E-state index contributed by atoms with van der Waals surface area (Å²) in [5.74, 6) is 0.173. The Morgan fingerprint density at radius 1 is 0.615 bits per heavy atom. The number of hydrogen-bond acceptors (Lipinski definition) is 7. The minimum atomic E-state index is -0.466. The highest BCUT2D eigenvalue weighted by molar-refractivity contribution is 5.49. The van der Waals surface area contributed by atoms with Gasteiger partial charge < -0.3 is 5.11 Å². The third-order valence-electron chi connectivity index (χ3n) is 3.32. The molecule has 0 aliphatic carbocycles. The Hall–Kier alpha value is -3.94. The monoisotopic (exact) mass is 347 g/mol. The van der Waals surface area contributed by atoms with Crippen LogP contribution in [0.5, 0.6) is 5.75 Å². The van der Waals surface area contributed by atoms with Gasteiger partial charge in [0, 0.05) is 12.1 Å². The number of phenolic OH excluding ortho intramolecular Hbond substituents is 1. The van der Waals surface area contributed by atoms with Crippen LogP contribution in [0.2, 0.25) is 0 Å². The molecule has 0 spiro atoms. The van der Waals surface area contributed by atoms with Crippen molar-refractivity contribution < 1.29 is 10.0 Å². The first-order valence-corrected chi connectivity index (χ1v) is 7.57. The molecule has 128 valence electrons. The van der Waals surface area contributed by atoms with Crippen LogP contribution in [0.4, 0.5) is 28.4 Å². The van der Waals surface area contributed by atoms with Gasteiger partial charge in [-0.25, -0.2) is 0 Å². The standard InChI is InChI=1S/C18H13N5O3/c24-18-11-7-16(8-12-18)22-20-14-3-1-13(2-4-14)19-21-15-5-9-17(10-6-15)23(25)26/h1-12,24H/b21-19?,22-20+. The lowest BCUT2D eigenvalue weighted by Crippen LogP contribution is -1.85. The molecule has 0 radical (unpaired) electrons. The molecular weight excluding hydrogens is 334 g/mol. The van der Waals surface area contributed by atoms with Gasteiger partial charge in [0.15, 0.2) is 0 Å². The zero-order valence-electron chi connectivity index (χ0n) is 13.4. The fourth-order valence-electron chi connectivity index (χ4n) is 1.98. The molecule has 8 nitrogen and oxygen atoms in total. The van der Waals surface area contributed by atoms with E-state index in [2.05, 4.69) is 20.5 Å². The minimum absolute atomic E-state index is 0.00675. The highest BCUT2D eigenvalue weighted by Gasteiger charge is 2.03. The quantitative estimate of drug-likeness (QED) is 0.340. The van der Waals surface area contributed by atoms with Crippen LogP contribution in [0.25, 0.3) is 0 Å². The second kappa shape index (κ2) is 7.75. The van der Waals surface area contributed by atoms with E-state index in [1.54, 1.807) is 36.4 Å². The van der Waals surface area contributed by atoms with E-state index in [9.17, 15) is 15.2 Å². The molecule has 3 aromatic carbocycles. The average Bonchev–Trinajstić information content (AvgIpc) is 2.67. The summed E-state index contributed by atoms with van der Waals surface area (Å²) < 4.78 is 0. The van der Waals surface area contributed by atoms with Gasteiger partial charge >= 0.3 is 0 Å². The number of nitrogens with zero attached hydrogens (tertiary/aromatic N) is 5. The highest BCUT2D eigenvalue weighted by atomic mass is 16.6. The first kappa shape index (κ1) is 16.9. The molecule has 0 bridgehead atoms. The van der Waals surface area contributed by atoms with E-state index in [4.69, 9.17) is 0 Å². The van der Waals surface area contributed by atoms with Crippen LogP contribution in [0.15, 0.2) is 93.3 Å². The zero-order chi connectivity index (χ0) is 18.4. The molecule has 0 saturated heterocycles. The summed E-state index contributed by atoms with van der Waals surface area (Å²) in [6, 6.07) is 19.2. The lowest BCUT2D eigenvalue weighted by Gasteiger charge is -1.96. The largest absolute Gasteiger partial charge is 0.508 e. The molecule has 3 rings (SSSR count). The molecule has 3 aromatic rings. The molecule has 0 atom stereocenters. The van der Waals surface area contributed by atoms with E-state index in [0.717, 1.165) is 0 Å². The summed E-state index contributed by atoms with van der Waals surface area (Å²) in [7, 11) is 0. The van der Waals surface area contributed by atoms with Crippen molar-refractivity contribution in [2.45, 2.75) is 0 Å². The van der Waals surface area contributed by atoms with Crippen molar-refractivity contribution in [1.82, 2.24) is 0 Å². The average molecular weight is 347 g/mol. The van der Waals surface area contributed by atoms with Crippen molar-refractivity contribution >= 4 is 28.4 Å². The van der Waals surface area contributed by atoms with Gasteiger partial charge in [-0.2, -0.15) is 20.5 Å². The van der Waals surface area contributed by atoms with Crippen molar-refractivity contribution in [3.8, 4) is 5.75 Å². The molecule has 0 unspecified atom stereocenters. The van der Waals surface area contributed by atoms with Crippen LogP contribution < -0.4 is 0 Å². The molecule has 8 heteroatoms. The maximum atomic E-state index is 10.6. The number of rotatable bonds is 5. The Morgan fingerprint density at radius 3 is 1.27 bits per heavy atom. The molecule has 26 heavy (non-hydrogen) atoms. The van der Waals surface area contributed by atoms with Gasteiger partial charge in [-0.3, -0.25) is 10.1 Å². The molecule has 0 fully saturated rings. The van der Waals surface area contributed by atoms with Gasteiger partial charge in [-0.05, 0) is 60.7 Å². The van der Waals surface area contributed by atoms with Crippen LogP contribution in [0.1, 0.15) is 0 Å². The molecule has 0 aliphatic rings. The molecule has 1 N–H and O–H groups in total. The molecular formula is C18H13N5O3. The lowest BCUT2D eigenvalue weighted by molar-refractivity contribution is -0.384. The normalized spacial score (nSPS) is 11.2. The van der Waals surface area contributed by atoms with E-state index in [-0.39, 0.29) is 11.4 Å². The Kier molecular flexibility index (Phi) is 5.04. The molecule has 0 aliphatic heterocycles. The Bertz CT molecular complexity index is 950. The predicted octanol–water partition coefficient (Wildman–Crippen LogP) is 6.13. The van der Waals surface area contributed by atoms with Crippen molar-refractivity contribution in [1.29, 1.82) is 0 Å². The van der Waals surface area contributed by atoms with E-state index >= 15 is 0 Å². The summed E-state index contributed by atoms with van der Waals surface area (Å²) >= 11 is 0. The second-order valence-electron chi connectivity index (χ2n) is 5.21. The van der Waals surface area contributed by atoms with Gasteiger partial charge in [-0.1, -0.05) is 0 Å². The Balaban J connectivity index is 1.65. The number of nitro groups is 1. The Labute approximate surface area is 148 Å². The SMILES string of the molecule is O=[N+]([O-])c1ccc(N=Nc2ccc(/N=N/c3ccc(O)cc3)cc2)cc1. The number of phenols is 1.